The van der Waals surface area contributed by atoms with Crippen LogP contribution in [-0.2, 0) is 24.4 Å². The molecular formula is C20H28N4O5S. The summed E-state index contributed by atoms with van der Waals surface area (Å²) in [5.41, 5.74) is 5.87. The van der Waals surface area contributed by atoms with Crippen molar-refractivity contribution in [1.29, 1.82) is 0 Å². The molecule has 3 amide bonds. The molecule has 2 saturated heterocycles. The molecule has 0 radical (unpaired) electrons. The summed E-state index contributed by atoms with van der Waals surface area (Å²) in [4.78, 5) is 37.2. The molecule has 3 rings (SSSR count). The Kier molecular flexibility index (Phi) is 6.77. The van der Waals surface area contributed by atoms with Crippen molar-refractivity contribution < 1.29 is 22.8 Å². The van der Waals surface area contributed by atoms with Crippen LogP contribution >= 0.6 is 0 Å². The van der Waals surface area contributed by atoms with E-state index >= 15 is 0 Å². The van der Waals surface area contributed by atoms with Gasteiger partial charge in [-0.05, 0) is 49.9 Å². The highest BCUT2D eigenvalue weighted by atomic mass is 32.2. The summed E-state index contributed by atoms with van der Waals surface area (Å²) in [6.07, 6.45) is 2.35. The maximum absolute atomic E-state index is 13.0. The number of rotatable bonds is 5. The fourth-order valence-electron chi connectivity index (χ4n) is 4.07. The lowest BCUT2D eigenvalue weighted by Gasteiger charge is -2.37. The van der Waals surface area contributed by atoms with Crippen LogP contribution in [0.4, 0.5) is 5.69 Å². The first-order valence-corrected chi connectivity index (χ1v) is 11.6. The van der Waals surface area contributed by atoms with Crippen molar-refractivity contribution >= 4 is 33.4 Å². The average Bonchev–Trinajstić information content (AvgIpc) is 2.73. The predicted molar refractivity (Wildman–Crippen MR) is 111 cm³/mol. The molecule has 0 saturated carbocycles. The molecule has 164 valence electrons. The number of nitrogens with two attached hydrogens (primary N) is 1. The van der Waals surface area contributed by atoms with Crippen molar-refractivity contribution in [3.63, 3.8) is 0 Å². The number of hydrogen-bond acceptors (Lipinski definition) is 5. The molecule has 0 spiro atoms. The number of likely N-dealkylation sites (tertiary alicyclic amines) is 1. The van der Waals surface area contributed by atoms with E-state index in [0.717, 1.165) is 0 Å². The lowest BCUT2D eigenvalue weighted by Crippen LogP contribution is -2.49. The Labute approximate surface area is 176 Å². The van der Waals surface area contributed by atoms with Crippen molar-refractivity contribution in [3.8, 4) is 0 Å². The van der Waals surface area contributed by atoms with E-state index in [1.807, 2.05) is 0 Å². The predicted octanol–water partition coefficient (Wildman–Crippen LogP) is 0.770. The number of sulfonamides is 1. The Balaban J connectivity index is 1.65. The van der Waals surface area contributed by atoms with Crippen LogP contribution in [-0.4, -0.2) is 61.5 Å². The van der Waals surface area contributed by atoms with Crippen molar-refractivity contribution in [2.45, 2.75) is 37.5 Å². The van der Waals surface area contributed by atoms with Gasteiger partial charge in [0.05, 0.1) is 10.8 Å². The molecule has 1 unspecified atom stereocenters. The quantitative estimate of drug-likeness (QED) is 0.704. The largest absolute Gasteiger partial charge is 0.369 e. The number of carbonyl (C=O) groups excluding carboxylic acids is 3. The fourth-order valence-corrected chi connectivity index (χ4v) is 5.59. The third-order valence-corrected chi connectivity index (χ3v) is 7.63. The summed E-state index contributed by atoms with van der Waals surface area (Å²) >= 11 is 0. The van der Waals surface area contributed by atoms with Gasteiger partial charge in [-0.1, -0.05) is 0 Å². The lowest BCUT2D eigenvalue weighted by molar-refractivity contribution is -0.139. The van der Waals surface area contributed by atoms with E-state index in [1.54, 1.807) is 17.0 Å². The minimum absolute atomic E-state index is 0.0566. The molecule has 2 aliphatic heterocycles. The highest BCUT2D eigenvalue weighted by Crippen LogP contribution is 2.27. The summed E-state index contributed by atoms with van der Waals surface area (Å²) < 4.78 is 27.5. The molecule has 30 heavy (non-hydrogen) atoms. The minimum atomic E-state index is -3.74. The molecule has 9 nitrogen and oxygen atoms in total. The normalized spacial score (nSPS) is 21.2. The number of benzene rings is 1. The zero-order valence-electron chi connectivity index (χ0n) is 17.0. The molecular weight excluding hydrogens is 408 g/mol. The first kappa shape index (κ1) is 22.2. The lowest BCUT2D eigenvalue weighted by atomic mass is 9.93. The summed E-state index contributed by atoms with van der Waals surface area (Å²) in [5, 5.41) is 2.60. The molecule has 0 aromatic heterocycles. The smallest absolute Gasteiger partial charge is 0.243 e. The SMILES string of the molecule is CC(=O)Nc1ccc(S(=O)(=O)N2CCCC(C(=O)N3CCC(C(N)=O)CC3)C2)cc1. The van der Waals surface area contributed by atoms with Crippen LogP contribution in [0.15, 0.2) is 29.2 Å². The van der Waals surface area contributed by atoms with E-state index in [0.29, 0.717) is 51.0 Å². The fraction of sp³-hybridized carbons (Fsp3) is 0.550. The summed E-state index contributed by atoms with van der Waals surface area (Å²) in [6, 6.07) is 6.01. The standard InChI is InChI=1S/C20H28N4O5S/c1-14(25)22-17-4-6-18(7-5-17)30(28,29)24-10-2-3-16(13-24)20(27)23-11-8-15(9-12-23)19(21)26/h4-7,15-16H,2-3,8-13H2,1H3,(H2,21,26)(H,22,25). The molecule has 2 heterocycles. The Morgan fingerprint density at radius 3 is 2.20 bits per heavy atom. The van der Waals surface area contributed by atoms with Crippen LogP contribution in [0, 0.1) is 11.8 Å². The summed E-state index contributed by atoms with van der Waals surface area (Å²) in [5.74, 6) is -1.21. The summed E-state index contributed by atoms with van der Waals surface area (Å²) in [6.45, 7) is 2.83. The van der Waals surface area contributed by atoms with Gasteiger partial charge in [0.15, 0.2) is 0 Å². The Bertz CT molecular complexity index is 908. The number of anilines is 1. The van der Waals surface area contributed by atoms with Gasteiger partial charge in [-0.3, -0.25) is 14.4 Å². The molecule has 1 atom stereocenters. The number of nitrogens with one attached hydrogen (secondary N) is 1. The van der Waals surface area contributed by atoms with E-state index in [2.05, 4.69) is 5.32 Å². The van der Waals surface area contributed by atoms with Gasteiger partial charge >= 0.3 is 0 Å². The van der Waals surface area contributed by atoms with E-state index in [4.69, 9.17) is 5.73 Å². The molecule has 2 aliphatic rings. The van der Waals surface area contributed by atoms with Gasteiger partial charge < -0.3 is 16.0 Å². The molecule has 1 aromatic rings. The van der Waals surface area contributed by atoms with E-state index in [-0.39, 0.29) is 35.1 Å². The van der Waals surface area contributed by atoms with Crippen molar-refractivity contribution in [1.82, 2.24) is 9.21 Å². The second kappa shape index (κ2) is 9.13. The number of hydrogen-bond donors (Lipinski definition) is 2. The van der Waals surface area contributed by atoms with Gasteiger partial charge in [0.25, 0.3) is 0 Å². The van der Waals surface area contributed by atoms with Gasteiger partial charge in [-0.2, -0.15) is 4.31 Å². The third kappa shape index (κ3) is 4.99. The third-order valence-electron chi connectivity index (χ3n) is 5.75. The maximum Gasteiger partial charge on any atom is 0.243 e. The first-order chi connectivity index (χ1) is 14.2. The van der Waals surface area contributed by atoms with Gasteiger partial charge in [0, 0.05) is 44.7 Å². The second-order valence-electron chi connectivity index (χ2n) is 7.91. The number of carbonyl (C=O) groups is 3. The van der Waals surface area contributed by atoms with E-state index in [1.165, 1.54) is 23.4 Å². The second-order valence-corrected chi connectivity index (χ2v) is 9.85. The Hall–Kier alpha value is -2.46. The van der Waals surface area contributed by atoms with Crippen LogP contribution in [0.2, 0.25) is 0 Å². The molecule has 0 aliphatic carbocycles. The zero-order chi connectivity index (χ0) is 21.9. The first-order valence-electron chi connectivity index (χ1n) is 10.1. The molecule has 1 aromatic carbocycles. The highest BCUT2D eigenvalue weighted by molar-refractivity contribution is 7.89. The average molecular weight is 437 g/mol. The number of primary amides is 1. The monoisotopic (exact) mass is 436 g/mol. The van der Waals surface area contributed by atoms with E-state index < -0.39 is 15.9 Å². The topological polar surface area (TPSA) is 130 Å². The zero-order valence-corrected chi connectivity index (χ0v) is 17.9. The van der Waals surface area contributed by atoms with Gasteiger partial charge in [-0.15, -0.1) is 0 Å². The maximum atomic E-state index is 13.0. The summed E-state index contributed by atoms with van der Waals surface area (Å²) in [7, 11) is -3.74. The van der Waals surface area contributed by atoms with Crippen LogP contribution in [0.25, 0.3) is 0 Å². The van der Waals surface area contributed by atoms with Gasteiger partial charge in [-0.25, -0.2) is 8.42 Å². The van der Waals surface area contributed by atoms with Gasteiger partial charge in [0.2, 0.25) is 27.7 Å². The number of amides is 3. The van der Waals surface area contributed by atoms with Crippen LogP contribution in [0.3, 0.4) is 0 Å². The molecule has 10 heteroatoms. The number of piperidine rings is 2. The Morgan fingerprint density at radius 1 is 1.00 bits per heavy atom. The van der Waals surface area contributed by atoms with E-state index in [9.17, 15) is 22.8 Å². The van der Waals surface area contributed by atoms with Crippen LogP contribution < -0.4 is 11.1 Å². The molecule has 0 bridgehead atoms. The van der Waals surface area contributed by atoms with Crippen molar-refractivity contribution in [2.24, 2.45) is 17.6 Å². The highest BCUT2D eigenvalue weighted by Gasteiger charge is 2.36. The Morgan fingerprint density at radius 2 is 1.63 bits per heavy atom. The molecule has 3 N–H and O–H groups in total. The van der Waals surface area contributed by atoms with Crippen molar-refractivity contribution in [2.75, 3.05) is 31.5 Å². The van der Waals surface area contributed by atoms with Crippen LogP contribution in [0.5, 0.6) is 0 Å². The van der Waals surface area contributed by atoms with Crippen LogP contribution in [0.1, 0.15) is 32.6 Å². The van der Waals surface area contributed by atoms with Gasteiger partial charge in [0.1, 0.15) is 0 Å². The molecule has 2 fully saturated rings. The number of nitrogens with zero attached hydrogens (tertiary/aromatic N) is 2. The van der Waals surface area contributed by atoms with Crippen molar-refractivity contribution in [3.05, 3.63) is 24.3 Å². The minimum Gasteiger partial charge on any atom is -0.369 e.